The quantitative estimate of drug-likeness (QED) is 0.366. The Labute approximate surface area is 200 Å². The van der Waals surface area contributed by atoms with E-state index < -0.39 is 20.5 Å². The number of hydrogen-bond acceptors (Lipinski definition) is 7. The normalized spacial score (nSPS) is 26.0. The predicted molar refractivity (Wildman–Crippen MR) is 131 cm³/mol. The van der Waals surface area contributed by atoms with E-state index in [9.17, 15) is 4.79 Å². The molecule has 0 unspecified atom stereocenters. The summed E-state index contributed by atoms with van der Waals surface area (Å²) in [5, 5.41) is 0.0304. The third-order valence-electron chi connectivity index (χ3n) is 7.39. The smallest absolute Gasteiger partial charge is 0.192 e. The summed E-state index contributed by atoms with van der Waals surface area (Å²) in [6, 6.07) is 0. The molecule has 0 saturated carbocycles. The fraction of sp³-hybridized carbons (Fsp3) is 0.720. The van der Waals surface area contributed by atoms with E-state index in [1.54, 1.807) is 28.4 Å². The van der Waals surface area contributed by atoms with Crippen LogP contribution in [0.25, 0.3) is 0 Å². The van der Waals surface area contributed by atoms with E-state index in [-0.39, 0.29) is 23.0 Å². The Bertz CT molecular complexity index is 813. The number of methoxy groups -OCH3 is 4. The zero-order chi connectivity index (χ0) is 25.3. The van der Waals surface area contributed by atoms with Gasteiger partial charge in [-0.25, -0.2) is 0 Å². The van der Waals surface area contributed by atoms with Crippen LogP contribution in [0, 0.1) is 18.8 Å². The molecule has 1 heterocycles. The van der Waals surface area contributed by atoms with Gasteiger partial charge < -0.3 is 32.9 Å². The molecule has 1 aromatic rings. The zero-order valence-electron chi connectivity index (χ0n) is 22.3. The molecule has 188 valence electrons. The summed E-state index contributed by atoms with van der Waals surface area (Å²) in [4.78, 5) is 12.1. The Morgan fingerprint density at radius 3 is 1.67 bits per heavy atom. The topological polar surface area (TPSA) is 72.5 Å². The number of carbonyl (C=O) groups excluding carboxylic acids is 1. The molecule has 7 nitrogen and oxygen atoms in total. The Morgan fingerprint density at radius 2 is 1.30 bits per heavy atom. The van der Waals surface area contributed by atoms with Crippen molar-refractivity contribution in [2.45, 2.75) is 78.0 Å². The molecule has 0 spiro atoms. The third kappa shape index (κ3) is 4.88. The number of hydrogen-bond donors (Lipinski definition) is 0. The van der Waals surface area contributed by atoms with Crippen LogP contribution in [0.4, 0.5) is 0 Å². The zero-order valence-corrected chi connectivity index (χ0v) is 23.3. The van der Waals surface area contributed by atoms with Crippen molar-refractivity contribution >= 4 is 14.6 Å². The first-order chi connectivity index (χ1) is 15.3. The minimum Gasteiger partial charge on any atom is -0.492 e. The van der Waals surface area contributed by atoms with Gasteiger partial charge in [-0.3, -0.25) is 0 Å². The van der Waals surface area contributed by atoms with Crippen LogP contribution in [0.5, 0.6) is 23.0 Å². The Hall–Kier alpha value is -1.77. The van der Waals surface area contributed by atoms with Crippen molar-refractivity contribution in [2.75, 3.05) is 28.4 Å². The molecule has 5 atom stereocenters. The average Bonchev–Trinajstić information content (AvgIpc) is 2.75. The van der Waals surface area contributed by atoms with Crippen LogP contribution in [-0.4, -0.2) is 55.3 Å². The SMILES string of the molecule is COc1c(C)c(OC)c(OC)c([C@@H]2O[C@H](C=O)[C@H](C)[C@H](O[Si](C)(C)C(C)(C)C)[C@H]2C)c1OC. The first-order valence-corrected chi connectivity index (χ1v) is 14.4. The number of ether oxygens (including phenoxy) is 5. The van der Waals surface area contributed by atoms with Crippen molar-refractivity contribution in [3.05, 3.63) is 11.1 Å². The summed E-state index contributed by atoms with van der Waals surface area (Å²) in [5.41, 5.74) is 1.42. The maximum Gasteiger partial charge on any atom is 0.192 e. The molecule has 0 aliphatic carbocycles. The van der Waals surface area contributed by atoms with Gasteiger partial charge in [-0.1, -0.05) is 34.6 Å². The minimum atomic E-state index is -2.12. The van der Waals surface area contributed by atoms with E-state index in [0.717, 1.165) is 11.8 Å². The highest BCUT2D eigenvalue weighted by Crippen LogP contribution is 2.55. The van der Waals surface area contributed by atoms with E-state index in [1.165, 1.54) is 0 Å². The second-order valence-corrected chi connectivity index (χ2v) is 15.1. The Balaban J connectivity index is 2.74. The summed E-state index contributed by atoms with van der Waals surface area (Å²) in [5.74, 6) is 1.91. The molecule has 0 radical (unpaired) electrons. The lowest BCUT2D eigenvalue weighted by Gasteiger charge is -2.48. The summed E-state index contributed by atoms with van der Waals surface area (Å²) >= 11 is 0. The molecule has 1 aliphatic rings. The molecule has 1 fully saturated rings. The monoisotopic (exact) mass is 482 g/mol. The Kier molecular flexibility index (Phi) is 8.52. The molecular weight excluding hydrogens is 440 g/mol. The molecule has 1 aliphatic heterocycles. The van der Waals surface area contributed by atoms with Crippen LogP contribution >= 0.6 is 0 Å². The fourth-order valence-electron chi connectivity index (χ4n) is 4.42. The molecule has 0 bridgehead atoms. The van der Waals surface area contributed by atoms with Crippen LogP contribution in [0.15, 0.2) is 0 Å². The van der Waals surface area contributed by atoms with Gasteiger partial charge in [-0.05, 0) is 25.1 Å². The first-order valence-electron chi connectivity index (χ1n) is 11.5. The van der Waals surface area contributed by atoms with Gasteiger partial charge in [0.25, 0.3) is 0 Å². The highest BCUT2D eigenvalue weighted by Gasteiger charge is 2.49. The molecule has 8 heteroatoms. The van der Waals surface area contributed by atoms with Gasteiger partial charge in [0.05, 0.1) is 46.2 Å². The molecular formula is C25H42O7Si. The lowest BCUT2D eigenvalue weighted by molar-refractivity contribution is -0.166. The van der Waals surface area contributed by atoms with E-state index in [4.69, 9.17) is 28.1 Å². The molecule has 2 rings (SSSR count). The van der Waals surface area contributed by atoms with Gasteiger partial charge in [0.1, 0.15) is 12.4 Å². The maximum atomic E-state index is 12.1. The highest BCUT2D eigenvalue weighted by atomic mass is 28.4. The van der Waals surface area contributed by atoms with E-state index >= 15 is 0 Å². The van der Waals surface area contributed by atoms with Gasteiger partial charge in [0, 0.05) is 17.4 Å². The molecule has 33 heavy (non-hydrogen) atoms. The highest BCUT2D eigenvalue weighted by molar-refractivity contribution is 6.74. The van der Waals surface area contributed by atoms with Crippen molar-refractivity contribution in [2.24, 2.45) is 11.8 Å². The second kappa shape index (κ2) is 10.2. The van der Waals surface area contributed by atoms with E-state index in [0.29, 0.717) is 28.6 Å². The van der Waals surface area contributed by atoms with Crippen LogP contribution in [-0.2, 0) is 14.0 Å². The molecule has 0 amide bonds. The van der Waals surface area contributed by atoms with Gasteiger partial charge in [0.15, 0.2) is 31.3 Å². The molecule has 1 aromatic carbocycles. The number of aldehydes is 1. The van der Waals surface area contributed by atoms with Crippen LogP contribution in [0.2, 0.25) is 18.1 Å². The van der Waals surface area contributed by atoms with Crippen molar-refractivity contribution in [3.63, 3.8) is 0 Å². The lowest BCUT2D eigenvalue weighted by Crippen LogP contribution is -2.53. The van der Waals surface area contributed by atoms with Crippen molar-refractivity contribution in [1.29, 1.82) is 0 Å². The van der Waals surface area contributed by atoms with Gasteiger partial charge >= 0.3 is 0 Å². The van der Waals surface area contributed by atoms with Crippen molar-refractivity contribution in [3.8, 4) is 23.0 Å². The summed E-state index contributed by atoms with van der Waals surface area (Å²) in [6.45, 7) is 17.1. The first kappa shape index (κ1) is 27.5. The largest absolute Gasteiger partial charge is 0.492 e. The fourth-order valence-corrected chi connectivity index (χ4v) is 5.88. The summed E-state index contributed by atoms with van der Waals surface area (Å²) in [7, 11) is 4.23. The second-order valence-electron chi connectivity index (χ2n) is 10.4. The molecule has 0 aromatic heterocycles. The number of carbonyl (C=O) groups is 1. The third-order valence-corrected chi connectivity index (χ3v) is 11.9. The van der Waals surface area contributed by atoms with E-state index in [1.807, 2.05) is 13.8 Å². The Morgan fingerprint density at radius 1 is 0.848 bits per heavy atom. The molecule has 1 saturated heterocycles. The average molecular weight is 483 g/mol. The minimum absolute atomic E-state index is 0.0304. The lowest BCUT2D eigenvalue weighted by atomic mass is 9.80. The van der Waals surface area contributed by atoms with Gasteiger partial charge in [0.2, 0.25) is 0 Å². The van der Waals surface area contributed by atoms with Crippen LogP contribution < -0.4 is 18.9 Å². The van der Waals surface area contributed by atoms with Crippen LogP contribution in [0.1, 0.15) is 51.8 Å². The number of benzene rings is 1. The standard InChI is InChI=1S/C25H42O7Si/c1-14-17(13-26)31-20(15(2)19(14)32-33(11,12)25(4,5)6)18-23(29-9)21(27-7)16(3)22(28-8)24(18)30-10/h13-15,17,19-20H,1-12H3/t14-,15+,17+,19-,20+/m0/s1. The number of rotatable bonds is 8. The molecule has 0 N–H and O–H groups in total. The summed E-state index contributed by atoms with van der Waals surface area (Å²) < 4.78 is 36.3. The van der Waals surface area contributed by atoms with Crippen LogP contribution in [0.3, 0.4) is 0 Å². The maximum absolute atomic E-state index is 12.1. The van der Waals surface area contributed by atoms with Crippen molar-refractivity contribution < 1.29 is 32.9 Å². The van der Waals surface area contributed by atoms with Crippen molar-refractivity contribution in [1.82, 2.24) is 0 Å². The van der Waals surface area contributed by atoms with E-state index in [2.05, 4.69) is 40.8 Å². The predicted octanol–water partition coefficient (Wildman–Crippen LogP) is 5.33. The van der Waals surface area contributed by atoms with Gasteiger partial charge in [-0.15, -0.1) is 0 Å². The van der Waals surface area contributed by atoms with Gasteiger partial charge in [-0.2, -0.15) is 0 Å². The summed E-state index contributed by atoms with van der Waals surface area (Å²) in [6.07, 6.45) is -0.478.